The monoisotopic (exact) mass is 369 g/mol. The molecule has 1 saturated carbocycles. The molecule has 2 rings (SSSR count). The standard InChI is InChI=1S/C17H24BrNO3/c1-21-14-10-13(11-15(22-2)16(14)18)17(20)19-9-8-12-6-4-3-5-7-12/h10-12H,3-9H2,1-2H3,(H,19,20). The van der Waals surface area contributed by atoms with Crippen molar-refractivity contribution in [2.45, 2.75) is 38.5 Å². The van der Waals surface area contributed by atoms with Gasteiger partial charge in [0.25, 0.3) is 5.91 Å². The van der Waals surface area contributed by atoms with Gasteiger partial charge in [-0.2, -0.15) is 0 Å². The van der Waals surface area contributed by atoms with Crippen molar-refractivity contribution < 1.29 is 14.3 Å². The van der Waals surface area contributed by atoms with Crippen molar-refractivity contribution in [3.63, 3.8) is 0 Å². The second-order valence-electron chi connectivity index (χ2n) is 5.74. The van der Waals surface area contributed by atoms with E-state index in [0.717, 1.165) is 23.4 Å². The van der Waals surface area contributed by atoms with E-state index in [9.17, 15) is 4.79 Å². The van der Waals surface area contributed by atoms with Gasteiger partial charge in [-0.3, -0.25) is 4.79 Å². The van der Waals surface area contributed by atoms with Crippen molar-refractivity contribution >= 4 is 21.8 Å². The zero-order chi connectivity index (χ0) is 15.9. The number of rotatable bonds is 6. The number of amides is 1. The van der Waals surface area contributed by atoms with Crippen LogP contribution in [0.4, 0.5) is 0 Å². The summed E-state index contributed by atoms with van der Waals surface area (Å²) in [5.41, 5.74) is 0.556. The van der Waals surface area contributed by atoms with Gasteiger partial charge in [-0.25, -0.2) is 0 Å². The summed E-state index contributed by atoms with van der Waals surface area (Å²) in [4.78, 5) is 12.3. The Morgan fingerprint density at radius 1 is 1.18 bits per heavy atom. The van der Waals surface area contributed by atoms with Crippen molar-refractivity contribution in [2.24, 2.45) is 5.92 Å². The summed E-state index contributed by atoms with van der Waals surface area (Å²) >= 11 is 3.41. The molecule has 1 fully saturated rings. The van der Waals surface area contributed by atoms with Crippen molar-refractivity contribution in [2.75, 3.05) is 20.8 Å². The third kappa shape index (κ3) is 4.38. The highest BCUT2D eigenvalue weighted by molar-refractivity contribution is 9.10. The Labute approximate surface area is 140 Å². The van der Waals surface area contributed by atoms with Crippen LogP contribution in [0.2, 0.25) is 0 Å². The number of hydrogen-bond donors (Lipinski definition) is 1. The Hall–Kier alpha value is -1.23. The van der Waals surface area contributed by atoms with Gasteiger partial charge in [0.1, 0.15) is 16.0 Å². The van der Waals surface area contributed by atoms with Gasteiger partial charge in [0.2, 0.25) is 0 Å². The van der Waals surface area contributed by atoms with Gasteiger partial charge in [0, 0.05) is 12.1 Å². The number of carbonyl (C=O) groups excluding carboxylic acids is 1. The van der Waals surface area contributed by atoms with Crippen LogP contribution in [0.3, 0.4) is 0 Å². The maximum atomic E-state index is 12.3. The van der Waals surface area contributed by atoms with Crippen molar-refractivity contribution in [1.82, 2.24) is 5.32 Å². The molecule has 0 saturated heterocycles. The lowest BCUT2D eigenvalue weighted by Crippen LogP contribution is -2.26. The third-order valence-corrected chi connectivity index (χ3v) is 5.05. The van der Waals surface area contributed by atoms with Gasteiger partial charge in [0.15, 0.2) is 0 Å². The van der Waals surface area contributed by atoms with Crippen LogP contribution in [0, 0.1) is 5.92 Å². The van der Waals surface area contributed by atoms with E-state index < -0.39 is 0 Å². The average Bonchev–Trinajstić information content (AvgIpc) is 2.56. The molecule has 1 aliphatic rings. The molecule has 0 radical (unpaired) electrons. The minimum atomic E-state index is -0.0834. The summed E-state index contributed by atoms with van der Waals surface area (Å²) in [6, 6.07) is 3.45. The molecule has 1 aromatic rings. The van der Waals surface area contributed by atoms with E-state index in [0.29, 0.717) is 17.1 Å². The summed E-state index contributed by atoms with van der Waals surface area (Å²) in [7, 11) is 3.15. The summed E-state index contributed by atoms with van der Waals surface area (Å²) in [6.07, 6.45) is 7.70. The number of methoxy groups -OCH3 is 2. The highest BCUT2D eigenvalue weighted by Crippen LogP contribution is 2.35. The fourth-order valence-electron chi connectivity index (χ4n) is 2.97. The molecule has 0 atom stereocenters. The summed E-state index contributed by atoms with van der Waals surface area (Å²) in [5.74, 6) is 1.87. The zero-order valence-corrected chi connectivity index (χ0v) is 14.9. The molecule has 0 spiro atoms. The molecule has 4 nitrogen and oxygen atoms in total. The van der Waals surface area contributed by atoms with E-state index in [1.807, 2.05) is 0 Å². The molecule has 22 heavy (non-hydrogen) atoms. The van der Waals surface area contributed by atoms with Crippen LogP contribution in [-0.4, -0.2) is 26.7 Å². The van der Waals surface area contributed by atoms with E-state index >= 15 is 0 Å². The van der Waals surface area contributed by atoms with Crippen LogP contribution in [0.1, 0.15) is 48.9 Å². The van der Waals surface area contributed by atoms with Crippen LogP contribution < -0.4 is 14.8 Å². The molecule has 1 aromatic carbocycles. The molecular weight excluding hydrogens is 346 g/mol. The Balaban J connectivity index is 1.94. The largest absolute Gasteiger partial charge is 0.495 e. The normalized spacial score (nSPS) is 15.4. The SMILES string of the molecule is COc1cc(C(=O)NCCC2CCCCC2)cc(OC)c1Br. The predicted molar refractivity (Wildman–Crippen MR) is 90.8 cm³/mol. The van der Waals surface area contributed by atoms with Crippen LogP contribution in [0.15, 0.2) is 16.6 Å². The van der Waals surface area contributed by atoms with Gasteiger partial charge in [0.05, 0.1) is 14.2 Å². The van der Waals surface area contributed by atoms with Crippen LogP contribution in [0.5, 0.6) is 11.5 Å². The van der Waals surface area contributed by atoms with Crippen LogP contribution in [-0.2, 0) is 0 Å². The van der Waals surface area contributed by atoms with E-state index in [4.69, 9.17) is 9.47 Å². The lowest BCUT2D eigenvalue weighted by atomic mass is 9.87. The summed E-state index contributed by atoms with van der Waals surface area (Å²) < 4.78 is 11.3. The van der Waals surface area contributed by atoms with Gasteiger partial charge < -0.3 is 14.8 Å². The maximum absolute atomic E-state index is 12.3. The molecule has 1 N–H and O–H groups in total. The zero-order valence-electron chi connectivity index (χ0n) is 13.3. The van der Waals surface area contributed by atoms with Crippen molar-refractivity contribution in [3.05, 3.63) is 22.2 Å². The van der Waals surface area contributed by atoms with E-state index in [2.05, 4.69) is 21.2 Å². The quantitative estimate of drug-likeness (QED) is 0.818. The Bertz CT molecular complexity index is 488. The Kier molecular flexibility index (Phi) is 6.55. The average molecular weight is 370 g/mol. The highest BCUT2D eigenvalue weighted by Gasteiger charge is 2.16. The minimum Gasteiger partial charge on any atom is -0.495 e. The van der Waals surface area contributed by atoms with Gasteiger partial charge in [-0.1, -0.05) is 32.1 Å². The number of carbonyl (C=O) groups is 1. The number of hydrogen-bond acceptors (Lipinski definition) is 3. The highest BCUT2D eigenvalue weighted by atomic mass is 79.9. The predicted octanol–water partition coefficient (Wildman–Crippen LogP) is 4.17. The van der Waals surface area contributed by atoms with E-state index in [-0.39, 0.29) is 5.91 Å². The number of benzene rings is 1. The third-order valence-electron chi connectivity index (χ3n) is 4.27. The van der Waals surface area contributed by atoms with Crippen LogP contribution in [0.25, 0.3) is 0 Å². The van der Waals surface area contributed by atoms with Crippen molar-refractivity contribution in [1.29, 1.82) is 0 Å². The molecular formula is C17H24BrNO3. The molecule has 1 aliphatic carbocycles. The minimum absolute atomic E-state index is 0.0834. The summed E-state index contributed by atoms with van der Waals surface area (Å²) in [6.45, 7) is 0.726. The van der Waals surface area contributed by atoms with Crippen LogP contribution >= 0.6 is 15.9 Å². The molecule has 0 bridgehead atoms. The smallest absolute Gasteiger partial charge is 0.251 e. The molecule has 0 aromatic heterocycles. The first-order valence-corrected chi connectivity index (χ1v) is 8.64. The molecule has 0 heterocycles. The number of nitrogens with one attached hydrogen (secondary N) is 1. The van der Waals surface area contributed by atoms with Crippen molar-refractivity contribution in [3.8, 4) is 11.5 Å². The number of halogens is 1. The first-order chi connectivity index (χ1) is 10.7. The van der Waals surface area contributed by atoms with Gasteiger partial charge >= 0.3 is 0 Å². The van der Waals surface area contributed by atoms with Gasteiger partial charge in [-0.15, -0.1) is 0 Å². The van der Waals surface area contributed by atoms with Gasteiger partial charge in [-0.05, 0) is 40.4 Å². The second kappa shape index (κ2) is 8.42. The first-order valence-electron chi connectivity index (χ1n) is 7.85. The summed E-state index contributed by atoms with van der Waals surface area (Å²) in [5, 5.41) is 3.00. The Morgan fingerprint density at radius 2 is 1.77 bits per heavy atom. The first kappa shape index (κ1) is 17.1. The lowest BCUT2D eigenvalue weighted by Gasteiger charge is -2.21. The van der Waals surface area contributed by atoms with E-state index in [1.54, 1.807) is 26.4 Å². The Morgan fingerprint density at radius 3 is 2.32 bits per heavy atom. The second-order valence-corrected chi connectivity index (χ2v) is 6.54. The fourth-order valence-corrected chi connectivity index (χ4v) is 3.52. The molecule has 0 unspecified atom stereocenters. The molecule has 1 amide bonds. The number of ether oxygens (including phenoxy) is 2. The molecule has 122 valence electrons. The van der Waals surface area contributed by atoms with E-state index in [1.165, 1.54) is 32.1 Å². The molecule has 0 aliphatic heterocycles. The fraction of sp³-hybridized carbons (Fsp3) is 0.588. The topological polar surface area (TPSA) is 47.6 Å². The molecule has 5 heteroatoms. The lowest BCUT2D eigenvalue weighted by molar-refractivity contribution is 0.0949. The maximum Gasteiger partial charge on any atom is 0.251 e.